The molecule has 0 saturated carbocycles. The molecule has 0 spiro atoms. The standard InChI is InChI=1S/C25H38O2/c1-3-5-6-7-8-9-10-11-12-13-14-15-16-17-18-19-20-21-22-23-25(26)27-24-4-2/h6-9,11-12,14-15,17-18,20-21H,3-5,10,13,16,19,22-24H2,1-2H3/b7-6+,9-8+,12-11+,15-14+,18-17+,21-20+. The van der Waals surface area contributed by atoms with E-state index in [2.05, 4.69) is 73.8 Å². The van der Waals surface area contributed by atoms with Gasteiger partial charge in [-0.3, -0.25) is 4.79 Å². The van der Waals surface area contributed by atoms with Gasteiger partial charge >= 0.3 is 5.97 Å². The molecule has 0 saturated heterocycles. The molecule has 0 amide bonds. The molecule has 0 N–H and O–H groups in total. The Hall–Kier alpha value is -2.09. The second-order valence-electron chi connectivity index (χ2n) is 6.23. The van der Waals surface area contributed by atoms with Gasteiger partial charge in [-0.05, 0) is 44.9 Å². The molecule has 0 bridgehead atoms. The highest BCUT2D eigenvalue weighted by Gasteiger charge is 1.98. The summed E-state index contributed by atoms with van der Waals surface area (Å²) in [6, 6.07) is 0. The maximum Gasteiger partial charge on any atom is 0.306 e. The van der Waals surface area contributed by atoms with E-state index in [1.54, 1.807) is 0 Å². The summed E-state index contributed by atoms with van der Waals surface area (Å²) in [6.45, 7) is 4.72. The molecule has 27 heavy (non-hydrogen) atoms. The average Bonchev–Trinajstić information content (AvgIpc) is 2.68. The Kier molecular flexibility index (Phi) is 20.3. The van der Waals surface area contributed by atoms with Crippen molar-refractivity contribution in [1.82, 2.24) is 0 Å². The van der Waals surface area contributed by atoms with Crippen molar-refractivity contribution in [2.75, 3.05) is 6.61 Å². The van der Waals surface area contributed by atoms with Crippen molar-refractivity contribution in [3.8, 4) is 0 Å². The third-order valence-corrected chi connectivity index (χ3v) is 3.58. The van der Waals surface area contributed by atoms with Gasteiger partial charge in [0.25, 0.3) is 0 Å². The van der Waals surface area contributed by atoms with Gasteiger partial charge in [-0.15, -0.1) is 0 Å². The first-order valence-corrected chi connectivity index (χ1v) is 10.4. The van der Waals surface area contributed by atoms with Gasteiger partial charge in [-0.25, -0.2) is 0 Å². The lowest BCUT2D eigenvalue weighted by Gasteiger charge is -1.99. The SMILES string of the molecule is CCC/C=C/C=C/C/C=C/C/C=C/C/C=C/C/C=C/CCC(=O)OCCC. The predicted molar refractivity (Wildman–Crippen MR) is 119 cm³/mol. The lowest BCUT2D eigenvalue weighted by Crippen LogP contribution is -2.03. The molecular weight excluding hydrogens is 332 g/mol. The van der Waals surface area contributed by atoms with Gasteiger partial charge in [0, 0.05) is 6.42 Å². The van der Waals surface area contributed by atoms with E-state index in [-0.39, 0.29) is 5.97 Å². The van der Waals surface area contributed by atoms with Crippen LogP contribution in [0.25, 0.3) is 0 Å². The van der Waals surface area contributed by atoms with Crippen LogP contribution in [0, 0.1) is 0 Å². The maximum absolute atomic E-state index is 11.3. The van der Waals surface area contributed by atoms with Crippen LogP contribution >= 0.6 is 0 Å². The molecule has 0 aromatic carbocycles. The van der Waals surface area contributed by atoms with Crippen LogP contribution in [0.3, 0.4) is 0 Å². The Labute approximate surface area is 167 Å². The minimum Gasteiger partial charge on any atom is -0.466 e. The quantitative estimate of drug-likeness (QED) is 0.160. The van der Waals surface area contributed by atoms with Crippen molar-refractivity contribution in [2.24, 2.45) is 0 Å². The molecule has 0 aliphatic rings. The second-order valence-corrected chi connectivity index (χ2v) is 6.23. The zero-order chi connectivity index (χ0) is 19.8. The van der Waals surface area contributed by atoms with Crippen LogP contribution in [-0.2, 0) is 9.53 Å². The summed E-state index contributed by atoms with van der Waals surface area (Å²) in [5.41, 5.74) is 0. The first kappa shape index (κ1) is 24.9. The van der Waals surface area contributed by atoms with Crippen molar-refractivity contribution in [1.29, 1.82) is 0 Å². The Morgan fingerprint density at radius 2 is 1.15 bits per heavy atom. The number of ether oxygens (including phenoxy) is 1. The zero-order valence-electron chi connectivity index (χ0n) is 17.3. The number of carbonyl (C=O) groups excluding carboxylic acids is 1. The minimum absolute atomic E-state index is 0.101. The smallest absolute Gasteiger partial charge is 0.306 e. The first-order chi connectivity index (χ1) is 13.3. The van der Waals surface area contributed by atoms with Gasteiger partial charge in [0.15, 0.2) is 0 Å². The molecular formula is C25H38O2. The van der Waals surface area contributed by atoms with Crippen LogP contribution in [0.5, 0.6) is 0 Å². The molecule has 0 radical (unpaired) electrons. The molecule has 0 fully saturated rings. The molecule has 2 heteroatoms. The van der Waals surface area contributed by atoms with Crippen LogP contribution < -0.4 is 0 Å². The fraction of sp³-hybridized carbons (Fsp3) is 0.480. The maximum atomic E-state index is 11.3. The molecule has 2 nitrogen and oxygen atoms in total. The number of esters is 1. The van der Waals surface area contributed by atoms with E-state index < -0.39 is 0 Å². The van der Waals surface area contributed by atoms with Gasteiger partial charge in [0.05, 0.1) is 6.61 Å². The van der Waals surface area contributed by atoms with Crippen LogP contribution in [0.15, 0.2) is 72.9 Å². The number of allylic oxidation sites excluding steroid dienone is 12. The van der Waals surface area contributed by atoms with E-state index in [1.807, 2.05) is 13.0 Å². The molecule has 150 valence electrons. The van der Waals surface area contributed by atoms with E-state index in [9.17, 15) is 4.79 Å². The Balaban J connectivity index is 3.55. The lowest BCUT2D eigenvalue weighted by molar-refractivity contribution is -0.143. The number of hydrogen-bond donors (Lipinski definition) is 0. The van der Waals surface area contributed by atoms with Gasteiger partial charge in [0.2, 0.25) is 0 Å². The summed E-state index contributed by atoms with van der Waals surface area (Å²) in [5, 5.41) is 0. The number of hydrogen-bond acceptors (Lipinski definition) is 2. The lowest BCUT2D eigenvalue weighted by atomic mass is 10.2. The average molecular weight is 371 g/mol. The van der Waals surface area contributed by atoms with Crippen LogP contribution in [0.1, 0.15) is 71.6 Å². The molecule has 0 unspecified atom stereocenters. The van der Waals surface area contributed by atoms with Gasteiger partial charge < -0.3 is 4.74 Å². The molecule has 0 aromatic heterocycles. The second kappa shape index (κ2) is 22.0. The van der Waals surface area contributed by atoms with Crippen LogP contribution in [0.2, 0.25) is 0 Å². The van der Waals surface area contributed by atoms with Crippen LogP contribution in [0.4, 0.5) is 0 Å². The van der Waals surface area contributed by atoms with E-state index >= 15 is 0 Å². The normalized spacial score (nSPS) is 12.8. The van der Waals surface area contributed by atoms with E-state index in [1.165, 1.54) is 6.42 Å². The van der Waals surface area contributed by atoms with Gasteiger partial charge in [-0.2, -0.15) is 0 Å². The van der Waals surface area contributed by atoms with Gasteiger partial charge in [0.1, 0.15) is 0 Å². The highest BCUT2D eigenvalue weighted by molar-refractivity contribution is 5.69. The number of carbonyl (C=O) groups is 1. The largest absolute Gasteiger partial charge is 0.466 e. The van der Waals surface area contributed by atoms with Crippen molar-refractivity contribution in [2.45, 2.75) is 71.6 Å². The summed E-state index contributed by atoms with van der Waals surface area (Å²) < 4.78 is 5.02. The highest BCUT2D eigenvalue weighted by atomic mass is 16.5. The molecule has 0 atom stereocenters. The summed E-state index contributed by atoms with van der Waals surface area (Å²) in [6.07, 6.45) is 34.2. The van der Waals surface area contributed by atoms with Crippen molar-refractivity contribution in [3.63, 3.8) is 0 Å². The van der Waals surface area contributed by atoms with Gasteiger partial charge in [-0.1, -0.05) is 93.2 Å². The predicted octanol–water partition coefficient (Wildman–Crippen LogP) is 7.42. The monoisotopic (exact) mass is 370 g/mol. The van der Waals surface area contributed by atoms with E-state index in [0.717, 1.165) is 44.9 Å². The third-order valence-electron chi connectivity index (χ3n) is 3.58. The summed E-state index contributed by atoms with van der Waals surface area (Å²) in [5.74, 6) is -0.101. The summed E-state index contributed by atoms with van der Waals surface area (Å²) >= 11 is 0. The molecule has 0 aliphatic carbocycles. The van der Waals surface area contributed by atoms with E-state index in [0.29, 0.717) is 13.0 Å². The number of rotatable bonds is 16. The van der Waals surface area contributed by atoms with E-state index in [4.69, 9.17) is 4.74 Å². The zero-order valence-corrected chi connectivity index (χ0v) is 17.3. The summed E-state index contributed by atoms with van der Waals surface area (Å²) in [7, 11) is 0. The molecule has 0 aliphatic heterocycles. The topological polar surface area (TPSA) is 26.3 Å². The Morgan fingerprint density at radius 3 is 1.70 bits per heavy atom. The number of unbranched alkanes of at least 4 members (excludes halogenated alkanes) is 1. The third kappa shape index (κ3) is 21.9. The molecule has 0 aromatic rings. The first-order valence-electron chi connectivity index (χ1n) is 10.4. The van der Waals surface area contributed by atoms with Crippen molar-refractivity contribution >= 4 is 5.97 Å². The Bertz CT molecular complexity index is 504. The minimum atomic E-state index is -0.101. The molecule has 0 rings (SSSR count). The fourth-order valence-electron chi connectivity index (χ4n) is 2.09. The molecule has 0 heterocycles. The van der Waals surface area contributed by atoms with Crippen molar-refractivity contribution < 1.29 is 9.53 Å². The highest BCUT2D eigenvalue weighted by Crippen LogP contribution is 1.98. The fourth-order valence-corrected chi connectivity index (χ4v) is 2.09. The van der Waals surface area contributed by atoms with Crippen LogP contribution in [-0.4, -0.2) is 12.6 Å². The Morgan fingerprint density at radius 1 is 0.630 bits per heavy atom. The summed E-state index contributed by atoms with van der Waals surface area (Å²) in [4.78, 5) is 11.3. The van der Waals surface area contributed by atoms with Crippen molar-refractivity contribution in [3.05, 3.63) is 72.9 Å².